The third kappa shape index (κ3) is 5.24. The van der Waals surface area contributed by atoms with Gasteiger partial charge in [0.25, 0.3) is 0 Å². The molecule has 1 aliphatic rings. The summed E-state index contributed by atoms with van der Waals surface area (Å²) < 4.78 is 11.3. The first-order valence-electron chi connectivity index (χ1n) is 7.73. The van der Waals surface area contributed by atoms with Crippen molar-refractivity contribution in [2.75, 3.05) is 6.61 Å². The highest BCUT2D eigenvalue weighted by atomic mass is 28.4. The van der Waals surface area contributed by atoms with Gasteiger partial charge in [0, 0.05) is 13.3 Å². The molecule has 21 heavy (non-hydrogen) atoms. The minimum atomic E-state index is -1.89. The molecule has 1 N–H and O–H groups in total. The molecule has 4 nitrogen and oxygen atoms in total. The van der Waals surface area contributed by atoms with E-state index in [4.69, 9.17) is 9.16 Å². The van der Waals surface area contributed by atoms with Gasteiger partial charge in [-0.25, -0.2) is 0 Å². The lowest BCUT2D eigenvalue weighted by atomic mass is 9.92. The molecule has 0 fully saturated rings. The Hall–Kier alpha value is -0.653. The van der Waals surface area contributed by atoms with Crippen LogP contribution in [0.1, 0.15) is 47.0 Å². The number of ether oxygens (including phenoxy) is 1. The molecule has 1 aliphatic carbocycles. The highest BCUT2D eigenvalue weighted by Crippen LogP contribution is 2.39. The molecule has 0 heterocycles. The molecule has 5 heteroatoms. The molecule has 0 aliphatic heterocycles. The average Bonchev–Trinajstić information content (AvgIpc) is 2.31. The van der Waals surface area contributed by atoms with Gasteiger partial charge in [-0.3, -0.25) is 4.79 Å². The van der Waals surface area contributed by atoms with Crippen LogP contribution in [0.25, 0.3) is 0 Å². The Labute approximate surface area is 129 Å². The molecule has 0 aromatic rings. The Balaban J connectivity index is 2.63. The van der Waals surface area contributed by atoms with E-state index in [1.807, 2.05) is 0 Å². The molecular weight excluding hydrogens is 284 g/mol. The number of carbonyl (C=O) groups excluding carboxylic acids is 1. The molecule has 0 aromatic heterocycles. The Morgan fingerprint density at radius 1 is 1.43 bits per heavy atom. The van der Waals surface area contributed by atoms with E-state index >= 15 is 0 Å². The summed E-state index contributed by atoms with van der Waals surface area (Å²) in [7, 11) is -1.89. The molecule has 122 valence electrons. The van der Waals surface area contributed by atoms with Crippen LogP contribution in [-0.4, -0.2) is 38.2 Å². The number of hydrogen-bond acceptors (Lipinski definition) is 4. The summed E-state index contributed by atoms with van der Waals surface area (Å²) in [4.78, 5) is 10.8. The van der Waals surface area contributed by atoms with Gasteiger partial charge in [-0.15, -0.1) is 0 Å². The summed E-state index contributed by atoms with van der Waals surface area (Å²) in [5.74, 6) is -0.282. The minimum Gasteiger partial charge on any atom is -0.466 e. The van der Waals surface area contributed by atoms with Crippen LogP contribution < -0.4 is 0 Å². The zero-order chi connectivity index (χ0) is 16.3. The summed E-state index contributed by atoms with van der Waals surface area (Å²) in [6.07, 6.45) is 3.68. The highest BCUT2D eigenvalue weighted by molar-refractivity contribution is 6.74. The molecule has 0 saturated heterocycles. The fourth-order valence-electron chi connectivity index (χ4n) is 2.19. The van der Waals surface area contributed by atoms with E-state index in [1.165, 1.54) is 6.92 Å². The van der Waals surface area contributed by atoms with Crippen molar-refractivity contribution in [1.82, 2.24) is 0 Å². The van der Waals surface area contributed by atoms with E-state index in [0.29, 0.717) is 13.0 Å². The molecule has 0 unspecified atom stereocenters. The number of aliphatic hydroxyl groups is 1. The van der Waals surface area contributed by atoms with Gasteiger partial charge in [0.1, 0.15) is 6.10 Å². The monoisotopic (exact) mass is 314 g/mol. The van der Waals surface area contributed by atoms with Gasteiger partial charge < -0.3 is 14.3 Å². The van der Waals surface area contributed by atoms with Crippen LogP contribution in [0.2, 0.25) is 18.1 Å². The van der Waals surface area contributed by atoms with Crippen LogP contribution in [0.15, 0.2) is 11.6 Å². The molecule has 0 amide bonds. The summed E-state index contributed by atoms with van der Waals surface area (Å²) in [6, 6.07) is 0. The molecule has 0 radical (unpaired) electrons. The molecule has 0 saturated carbocycles. The number of aliphatic hydroxyl groups excluding tert-OH is 1. The number of esters is 1. The van der Waals surface area contributed by atoms with Crippen molar-refractivity contribution < 1.29 is 19.1 Å². The maximum atomic E-state index is 10.8. The normalized spacial score (nSPS) is 23.7. The van der Waals surface area contributed by atoms with Gasteiger partial charge in [0.05, 0.1) is 12.7 Å². The molecule has 1 rings (SSSR count). The lowest BCUT2D eigenvalue weighted by Crippen LogP contribution is -2.48. The van der Waals surface area contributed by atoms with Gasteiger partial charge >= 0.3 is 5.97 Å². The largest absolute Gasteiger partial charge is 0.466 e. The standard InChI is InChI=1S/C16H30O4Si/c1-12(17)19-11-10-13-8-7-9-14(15(13)18)20-21(5,6)16(2,3)4/h8,14-15,18H,7,9-11H2,1-6H3/t14-,15+/m0/s1. The van der Waals surface area contributed by atoms with Crippen LogP contribution >= 0.6 is 0 Å². The maximum absolute atomic E-state index is 10.8. The second-order valence-corrected chi connectivity index (χ2v) is 12.1. The summed E-state index contributed by atoms with van der Waals surface area (Å²) in [5, 5.41) is 10.6. The lowest BCUT2D eigenvalue weighted by molar-refractivity contribution is -0.140. The average molecular weight is 314 g/mol. The third-order valence-electron chi connectivity index (χ3n) is 4.54. The zero-order valence-electron chi connectivity index (χ0n) is 14.2. The van der Waals surface area contributed by atoms with Crippen LogP contribution in [0.4, 0.5) is 0 Å². The topological polar surface area (TPSA) is 55.8 Å². The molecule has 0 bridgehead atoms. The molecule has 0 aromatic carbocycles. The number of rotatable bonds is 5. The fourth-order valence-corrected chi connectivity index (χ4v) is 3.55. The second-order valence-electron chi connectivity index (χ2n) is 7.31. The predicted molar refractivity (Wildman–Crippen MR) is 86.6 cm³/mol. The zero-order valence-corrected chi connectivity index (χ0v) is 15.2. The van der Waals surface area contributed by atoms with Crippen molar-refractivity contribution in [3.63, 3.8) is 0 Å². The predicted octanol–water partition coefficient (Wildman–Crippen LogP) is 3.41. The third-order valence-corrected chi connectivity index (χ3v) is 9.04. The van der Waals surface area contributed by atoms with Crippen LogP contribution in [0.5, 0.6) is 0 Å². The molecular formula is C16H30O4Si. The van der Waals surface area contributed by atoms with Crippen LogP contribution in [0, 0.1) is 0 Å². The Kier molecular flexibility index (Phi) is 6.19. The van der Waals surface area contributed by atoms with Gasteiger partial charge in [0.15, 0.2) is 8.32 Å². The SMILES string of the molecule is CC(=O)OCCC1=CCC[C@H](O[Si](C)(C)C(C)(C)C)[C@@H]1O. The summed E-state index contributed by atoms with van der Waals surface area (Å²) in [6.45, 7) is 12.7. The van der Waals surface area contributed by atoms with Crippen molar-refractivity contribution in [3.8, 4) is 0 Å². The fraction of sp³-hybridized carbons (Fsp3) is 0.812. The van der Waals surface area contributed by atoms with Crippen molar-refractivity contribution >= 4 is 14.3 Å². The van der Waals surface area contributed by atoms with Gasteiger partial charge in [-0.1, -0.05) is 26.8 Å². The number of hydrogen-bond donors (Lipinski definition) is 1. The van der Waals surface area contributed by atoms with Gasteiger partial charge in [-0.2, -0.15) is 0 Å². The maximum Gasteiger partial charge on any atom is 0.302 e. The van der Waals surface area contributed by atoms with Crippen molar-refractivity contribution in [2.45, 2.75) is 77.3 Å². The van der Waals surface area contributed by atoms with Crippen LogP contribution in [0.3, 0.4) is 0 Å². The van der Waals surface area contributed by atoms with Crippen molar-refractivity contribution in [3.05, 3.63) is 11.6 Å². The molecule has 2 atom stereocenters. The van der Waals surface area contributed by atoms with Crippen molar-refractivity contribution in [2.24, 2.45) is 0 Å². The van der Waals surface area contributed by atoms with Crippen molar-refractivity contribution in [1.29, 1.82) is 0 Å². The summed E-state index contributed by atoms with van der Waals surface area (Å²) in [5.41, 5.74) is 0.936. The first-order chi connectivity index (χ1) is 9.54. The minimum absolute atomic E-state index is 0.131. The first-order valence-corrected chi connectivity index (χ1v) is 10.6. The lowest BCUT2D eigenvalue weighted by Gasteiger charge is -2.42. The van der Waals surface area contributed by atoms with E-state index in [2.05, 4.69) is 39.9 Å². The quantitative estimate of drug-likeness (QED) is 0.480. The number of carbonyl (C=O) groups is 1. The van der Waals surface area contributed by atoms with Gasteiger partial charge in [-0.05, 0) is 36.5 Å². The van der Waals surface area contributed by atoms with Gasteiger partial charge in [0.2, 0.25) is 0 Å². The Bertz CT molecular complexity index is 396. The van der Waals surface area contributed by atoms with E-state index in [0.717, 1.165) is 18.4 Å². The van der Waals surface area contributed by atoms with E-state index in [9.17, 15) is 9.90 Å². The highest BCUT2D eigenvalue weighted by Gasteiger charge is 2.41. The number of allylic oxidation sites excluding steroid dienone is 1. The first kappa shape index (κ1) is 18.4. The molecule has 0 spiro atoms. The smallest absolute Gasteiger partial charge is 0.302 e. The van der Waals surface area contributed by atoms with E-state index in [-0.39, 0.29) is 17.1 Å². The summed E-state index contributed by atoms with van der Waals surface area (Å²) >= 11 is 0. The second kappa shape index (κ2) is 7.07. The van der Waals surface area contributed by atoms with E-state index < -0.39 is 14.4 Å². The Morgan fingerprint density at radius 3 is 2.57 bits per heavy atom. The van der Waals surface area contributed by atoms with E-state index in [1.54, 1.807) is 0 Å². The van der Waals surface area contributed by atoms with Crippen LogP contribution in [-0.2, 0) is 14.0 Å². The Morgan fingerprint density at radius 2 is 2.05 bits per heavy atom.